The lowest BCUT2D eigenvalue weighted by Crippen LogP contribution is -2.45. The Kier molecular flexibility index (Phi) is 4.98. The first-order chi connectivity index (χ1) is 9.69. The van der Waals surface area contributed by atoms with Crippen LogP contribution in [-0.2, 0) is 4.74 Å². The summed E-state index contributed by atoms with van der Waals surface area (Å²) < 4.78 is 16.0. The van der Waals surface area contributed by atoms with Crippen LogP contribution < -0.4 is 9.47 Å². The maximum absolute atomic E-state index is 12.5. The van der Waals surface area contributed by atoms with Gasteiger partial charge in [0.15, 0.2) is 17.3 Å². The van der Waals surface area contributed by atoms with Crippen molar-refractivity contribution in [3.63, 3.8) is 0 Å². The Morgan fingerprint density at radius 3 is 2.75 bits per heavy atom. The SMILES string of the molecule is CCN1CCOC(C(=O)c2ccc(OC)c(OC)c2)C1. The van der Waals surface area contributed by atoms with Gasteiger partial charge < -0.3 is 14.2 Å². The van der Waals surface area contributed by atoms with Crippen molar-refractivity contribution in [1.29, 1.82) is 0 Å². The van der Waals surface area contributed by atoms with Gasteiger partial charge in [-0.25, -0.2) is 0 Å². The number of hydrogen-bond donors (Lipinski definition) is 0. The second kappa shape index (κ2) is 6.72. The van der Waals surface area contributed by atoms with Crippen LogP contribution in [0.1, 0.15) is 17.3 Å². The number of nitrogens with zero attached hydrogens (tertiary/aromatic N) is 1. The van der Waals surface area contributed by atoms with Crippen molar-refractivity contribution in [1.82, 2.24) is 4.90 Å². The molecule has 1 fully saturated rings. The fraction of sp³-hybridized carbons (Fsp3) is 0.533. The molecule has 0 spiro atoms. The van der Waals surface area contributed by atoms with E-state index in [0.29, 0.717) is 30.2 Å². The summed E-state index contributed by atoms with van der Waals surface area (Å²) in [6, 6.07) is 5.19. The van der Waals surface area contributed by atoms with Crippen LogP contribution in [0.25, 0.3) is 0 Å². The van der Waals surface area contributed by atoms with Crippen LogP contribution >= 0.6 is 0 Å². The summed E-state index contributed by atoms with van der Waals surface area (Å²) in [5.74, 6) is 1.16. The second-order valence-corrected chi connectivity index (χ2v) is 4.69. The highest BCUT2D eigenvalue weighted by atomic mass is 16.5. The highest BCUT2D eigenvalue weighted by molar-refractivity contribution is 6.00. The number of rotatable bonds is 5. The van der Waals surface area contributed by atoms with Crippen LogP contribution in [0, 0.1) is 0 Å². The van der Waals surface area contributed by atoms with Gasteiger partial charge in [-0.1, -0.05) is 6.92 Å². The molecule has 5 nitrogen and oxygen atoms in total. The van der Waals surface area contributed by atoms with E-state index in [2.05, 4.69) is 11.8 Å². The number of ether oxygens (including phenoxy) is 3. The Balaban J connectivity index is 2.16. The molecule has 1 heterocycles. The molecule has 1 aromatic rings. The van der Waals surface area contributed by atoms with Crippen LogP contribution in [0.2, 0.25) is 0 Å². The molecular formula is C15H21NO4. The molecule has 0 aromatic heterocycles. The van der Waals surface area contributed by atoms with Gasteiger partial charge in [0, 0.05) is 18.7 Å². The van der Waals surface area contributed by atoms with Gasteiger partial charge >= 0.3 is 0 Å². The van der Waals surface area contributed by atoms with Gasteiger partial charge in [0.1, 0.15) is 6.10 Å². The summed E-state index contributed by atoms with van der Waals surface area (Å²) in [5.41, 5.74) is 0.589. The molecule has 5 heteroatoms. The third-order valence-electron chi connectivity index (χ3n) is 3.56. The summed E-state index contributed by atoms with van der Waals surface area (Å²) in [6.07, 6.45) is -0.401. The van der Waals surface area contributed by atoms with Crippen molar-refractivity contribution in [3.05, 3.63) is 23.8 Å². The summed E-state index contributed by atoms with van der Waals surface area (Å²) in [4.78, 5) is 14.7. The van der Waals surface area contributed by atoms with Crippen molar-refractivity contribution >= 4 is 5.78 Å². The average Bonchev–Trinajstić information content (AvgIpc) is 2.53. The fourth-order valence-electron chi connectivity index (χ4n) is 2.32. The Morgan fingerprint density at radius 2 is 2.10 bits per heavy atom. The lowest BCUT2D eigenvalue weighted by Gasteiger charge is -2.31. The normalized spacial score (nSPS) is 19.6. The zero-order valence-electron chi connectivity index (χ0n) is 12.2. The standard InChI is InChI=1S/C15H21NO4/c1-4-16-7-8-20-14(10-16)15(17)11-5-6-12(18-2)13(9-11)19-3/h5-6,9,14H,4,7-8,10H2,1-3H3. The minimum absolute atomic E-state index is 0.0101. The van der Waals surface area contributed by atoms with Gasteiger partial charge in [-0.05, 0) is 24.7 Å². The molecule has 1 saturated heterocycles. The van der Waals surface area contributed by atoms with E-state index in [1.165, 1.54) is 0 Å². The van der Waals surface area contributed by atoms with E-state index in [0.717, 1.165) is 13.1 Å². The number of benzene rings is 1. The Morgan fingerprint density at radius 1 is 1.35 bits per heavy atom. The van der Waals surface area contributed by atoms with Gasteiger partial charge in [0.25, 0.3) is 0 Å². The van der Waals surface area contributed by atoms with Crippen molar-refractivity contribution in [2.75, 3.05) is 40.5 Å². The highest BCUT2D eigenvalue weighted by Gasteiger charge is 2.27. The third kappa shape index (κ3) is 3.11. The number of carbonyl (C=O) groups excluding carboxylic acids is 1. The van der Waals surface area contributed by atoms with Gasteiger partial charge in [0.2, 0.25) is 0 Å². The molecule has 1 atom stereocenters. The smallest absolute Gasteiger partial charge is 0.193 e. The van der Waals surface area contributed by atoms with Crippen LogP contribution in [0.5, 0.6) is 11.5 Å². The molecule has 0 bridgehead atoms. The van der Waals surface area contributed by atoms with Crippen molar-refractivity contribution < 1.29 is 19.0 Å². The molecule has 0 N–H and O–H groups in total. The van der Waals surface area contributed by atoms with Crippen molar-refractivity contribution in [2.24, 2.45) is 0 Å². The van der Waals surface area contributed by atoms with E-state index < -0.39 is 6.10 Å². The molecule has 1 unspecified atom stereocenters. The van der Waals surface area contributed by atoms with Crippen LogP contribution in [0.3, 0.4) is 0 Å². The third-order valence-corrected chi connectivity index (χ3v) is 3.56. The maximum Gasteiger partial charge on any atom is 0.193 e. The zero-order valence-corrected chi connectivity index (χ0v) is 12.2. The molecule has 0 aliphatic carbocycles. The fourth-order valence-corrected chi connectivity index (χ4v) is 2.32. The van der Waals surface area contributed by atoms with Gasteiger partial charge in [-0.3, -0.25) is 9.69 Å². The number of morpholine rings is 1. The Labute approximate surface area is 119 Å². The molecule has 0 amide bonds. The number of hydrogen-bond acceptors (Lipinski definition) is 5. The average molecular weight is 279 g/mol. The first-order valence-electron chi connectivity index (χ1n) is 6.79. The second-order valence-electron chi connectivity index (χ2n) is 4.69. The molecule has 1 aliphatic heterocycles. The molecule has 2 rings (SSSR count). The van der Waals surface area contributed by atoms with E-state index >= 15 is 0 Å². The van der Waals surface area contributed by atoms with Gasteiger partial charge in [-0.2, -0.15) is 0 Å². The van der Waals surface area contributed by atoms with Crippen LogP contribution in [-0.4, -0.2) is 57.2 Å². The monoisotopic (exact) mass is 279 g/mol. The van der Waals surface area contributed by atoms with Gasteiger partial charge in [0.05, 0.1) is 20.8 Å². The van der Waals surface area contributed by atoms with Crippen LogP contribution in [0.4, 0.5) is 0 Å². The molecule has 20 heavy (non-hydrogen) atoms. The largest absolute Gasteiger partial charge is 0.493 e. The Hall–Kier alpha value is -1.59. The van der Waals surface area contributed by atoms with E-state index in [1.54, 1.807) is 32.4 Å². The zero-order chi connectivity index (χ0) is 14.5. The predicted molar refractivity (Wildman–Crippen MR) is 75.7 cm³/mol. The minimum atomic E-state index is -0.401. The number of ketones is 1. The summed E-state index contributed by atoms with van der Waals surface area (Å²) in [6.45, 7) is 5.13. The number of likely N-dealkylation sites (N-methyl/N-ethyl adjacent to an activating group) is 1. The van der Waals surface area contributed by atoms with E-state index in [1.807, 2.05) is 0 Å². The number of carbonyl (C=O) groups is 1. The molecule has 0 radical (unpaired) electrons. The van der Waals surface area contributed by atoms with Crippen LogP contribution in [0.15, 0.2) is 18.2 Å². The first-order valence-corrected chi connectivity index (χ1v) is 6.79. The number of Topliss-reactive ketones (excluding diaryl/α,β-unsaturated/α-hetero) is 1. The quantitative estimate of drug-likeness (QED) is 0.766. The summed E-state index contributed by atoms with van der Waals surface area (Å²) in [7, 11) is 3.13. The predicted octanol–water partition coefficient (Wildman–Crippen LogP) is 1.61. The Bertz CT molecular complexity index is 475. The minimum Gasteiger partial charge on any atom is -0.493 e. The van der Waals surface area contributed by atoms with E-state index in [-0.39, 0.29) is 5.78 Å². The molecule has 1 aromatic carbocycles. The van der Waals surface area contributed by atoms with Crippen molar-refractivity contribution in [2.45, 2.75) is 13.0 Å². The van der Waals surface area contributed by atoms with Gasteiger partial charge in [-0.15, -0.1) is 0 Å². The highest BCUT2D eigenvalue weighted by Crippen LogP contribution is 2.28. The molecular weight excluding hydrogens is 258 g/mol. The lowest BCUT2D eigenvalue weighted by atomic mass is 10.0. The van der Waals surface area contributed by atoms with E-state index in [9.17, 15) is 4.79 Å². The van der Waals surface area contributed by atoms with Crippen molar-refractivity contribution in [3.8, 4) is 11.5 Å². The summed E-state index contributed by atoms with van der Waals surface area (Å²) >= 11 is 0. The maximum atomic E-state index is 12.5. The summed E-state index contributed by atoms with van der Waals surface area (Å²) in [5, 5.41) is 0. The molecule has 1 aliphatic rings. The molecule has 110 valence electrons. The first kappa shape index (κ1) is 14.8. The molecule has 0 saturated carbocycles. The topological polar surface area (TPSA) is 48.0 Å². The lowest BCUT2D eigenvalue weighted by molar-refractivity contribution is -0.0148. The number of methoxy groups -OCH3 is 2. The van der Waals surface area contributed by atoms with E-state index in [4.69, 9.17) is 14.2 Å².